The lowest BCUT2D eigenvalue weighted by Crippen LogP contribution is -2.50. The minimum absolute atomic E-state index is 0.0180. The van der Waals surface area contributed by atoms with E-state index in [0.717, 1.165) is 45.4 Å². The van der Waals surface area contributed by atoms with E-state index in [1.807, 2.05) is 10.8 Å². The molecule has 5 rings (SSSR count). The molecule has 1 aromatic heterocycles. The van der Waals surface area contributed by atoms with Crippen LogP contribution in [-0.2, 0) is 16.1 Å². The second kappa shape index (κ2) is 8.06. The van der Waals surface area contributed by atoms with E-state index < -0.39 is 0 Å². The molecule has 1 spiro atoms. The second-order valence-electron chi connectivity index (χ2n) is 9.31. The van der Waals surface area contributed by atoms with Crippen molar-refractivity contribution in [1.82, 2.24) is 14.5 Å². The van der Waals surface area contributed by atoms with Crippen molar-refractivity contribution in [2.75, 3.05) is 31.1 Å². The highest BCUT2D eigenvalue weighted by atomic mass is 16.6. The van der Waals surface area contributed by atoms with Crippen molar-refractivity contribution in [2.45, 2.75) is 57.7 Å². The highest BCUT2D eigenvalue weighted by molar-refractivity contribution is 5.79. The number of hydrogen-bond donors (Lipinski definition) is 0. The van der Waals surface area contributed by atoms with Crippen molar-refractivity contribution < 1.29 is 9.53 Å². The summed E-state index contributed by atoms with van der Waals surface area (Å²) in [5.41, 5.74) is 2.48. The third-order valence-corrected chi connectivity index (χ3v) is 7.49. The summed E-state index contributed by atoms with van der Waals surface area (Å²) in [5.74, 6) is 0.0293. The number of benzene rings is 1. The molecule has 1 atom stereocenters. The zero-order valence-corrected chi connectivity index (χ0v) is 17.9. The number of para-hydroxylation sites is 1. The fourth-order valence-electron chi connectivity index (χ4n) is 5.68. The molecular weight excluding hydrogens is 376 g/mol. The number of nitrogens with zero attached hydrogens (tertiary/aromatic N) is 4. The van der Waals surface area contributed by atoms with Crippen LogP contribution >= 0.6 is 0 Å². The third kappa shape index (κ3) is 3.73. The molecular formula is C24H32N4O2. The molecule has 2 aromatic rings. The standard InChI is InChI=1S/C24H32N4O2/c1-19-4-2-3-5-22(19)28-11-6-20(7-12-28)27-13-8-24(9-14-27)16-21(30-23(24)29)17-26-15-10-25-18-26/h2-5,10,15,18,20-21H,6-9,11-14,16-17H2,1H3. The minimum Gasteiger partial charge on any atom is -0.460 e. The molecule has 3 aliphatic rings. The molecule has 3 saturated heterocycles. The lowest BCUT2D eigenvalue weighted by Gasteiger charge is -2.44. The molecule has 0 radical (unpaired) electrons. The average molecular weight is 409 g/mol. The lowest BCUT2D eigenvalue weighted by molar-refractivity contribution is -0.151. The van der Waals surface area contributed by atoms with Crippen LogP contribution in [0.3, 0.4) is 0 Å². The molecule has 1 aromatic carbocycles. The van der Waals surface area contributed by atoms with Gasteiger partial charge in [-0.25, -0.2) is 4.98 Å². The largest absolute Gasteiger partial charge is 0.460 e. The van der Waals surface area contributed by atoms with Gasteiger partial charge >= 0.3 is 5.97 Å². The van der Waals surface area contributed by atoms with Gasteiger partial charge in [0.1, 0.15) is 6.10 Å². The maximum Gasteiger partial charge on any atom is 0.312 e. The quantitative estimate of drug-likeness (QED) is 0.727. The first kappa shape index (κ1) is 19.6. The van der Waals surface area contributed by atoms with E-state index in [-0.39, 0.29) is 17.5 Å². The zero-order valence-electron chi connectivity index (χ0n) is 17.9. The number of anilines is 1. The maximum atomic E-state index is 12.7. The molecule has 3 fully saturated rings. The summed E-state index contributed by atoms with van der Waals surface area (Å²) in [4.78, 5) is 22.0. The Kier molecular flexibility index (Phi) is 5.27. The van der Waals surface area contributed by atoms with Crippen molar-refractivity contribution in [2.24, 2.45) is 5.41 Å². The van der Waals surface area contributed by atoms with Crippen LogP contribution in [0, 0.1) is 12.3 Å². The first-order valence-corrected chi connectivity index (χ1v) is 11.3. The van der Waals surface area contributed by atoms with Gasteiger partial charge in [-0.05, 0) is 57.3 Å². The number of ether oxygens (including phenoxy) is 1. The molecule has 6 heteroatoms. The maximum absolute atomic E-state index is 12.7. The summed E-state index contributed by atoms with van der Waals surface area (Å²) < 4.78 is 7.78. The van der Waals surface area contributed by atoms with Crippen LogP contribution in [0.25, 0.3) is 0 Å². The van der Waals surface area contributed by atoms with Crippen molar-refractivity contribution in [3.8, 4) is 0 Å². The van der Waals surface area contributed by atoms with E-state index in [4.69, 9.17) is 4.74 Å². The van der Waals surface area contributed by atoms with Gasteiger partial charge in [-0.1, -0.05) is 18.2 Å². The van der Waals surface area contributed by atoms with Crippen LogP contribution in [0.5, 0.6) is 0 Å². The molecule has 0 bridgehead atoms. The van der Waals surface area contributed by atoms with Gasteiger partial charge in [-0.2, -0.15) is 0 Å². The molecule has 0 saturated carbocycles. The summed E-state index contributed by atoms with van der Waals surface area (Å²) in [5, 5.41) is 0. The topological polar surface area (TPSA) is 50.6 Å². The van der Waals surface area contributed by atoms with Crippen molar-refractivity contribution >= 4 is 11.7 Å². The van der Waals surface area contributed by atoms with Crippen molar-refractivity contribution in [1.29, 1.82) is 0 Å². The number of piperidine rings is 2. The van der Waals surface area contributed by atoms with Gasteiger partial charge in [0.05, 0.1) is 18.3 Å². The molecule has 0 aliphatic carbocycles. The number of likely N-dealkylation sites (tertiary alicyclic amines) is 1. The van der Waals surface area contributed by atoms with Crippen LogP contribution < -0.4 is 4.90 Å². The third-order valence-electron chi connectivity index (χ3n) is 7.49. The van der Waals surface area contributed by atoms with E-state index in [1.165, 1.54) is 24.1 Å². The normalized spacial score (nSPS) is 25.0. The zero-order chi connectivity index (χ0) is 20.6. The number of carbonyl (C=O) groups is 1. The van der Waals surface area contributed by atoms with Crippen LogP contribution in [0.1, 0.15) is 37.7 Å². The smallest absolute Gasteiger partial charge is 0.312 e. The van der Waals surface area contributed by atoms with E-state index in [2.05, 4.69) is 46.0 Å². The number of aryl methyl sites for hydroxylation is 1. The SMILES string of the molecule is Cc1ccccc1N1CCC(N2CCC3(CC2)CC(Cn2ccnc2)OC3=O)CC1. The highest BCUT2D eigenvalue weighted by Crippen LogP contribution is 2.44. The molecule has 0 amide bonds. The average Bonchev–Trinajstić information content (AvgIpc) is 3.38. The van der Waals surface area contributed by atoms with Crippen LogP contribution in [-0.4, -0.2) is 58.7 Å². The molecule has 3 aliphatic heterocycles. The summed E-state index contributed by atoms with van der Waals surface area (Å²) in [7, 11) is 0. The Labute approximate surface area is 178 Å². The van der Waals surface area contributed by atoms with Gasteiger partial charge < -0.3 is 19.1 Å². The molecule has 1 unspecified atom stereocenters. The summed E-state index contributed by atoms with van der Waals surface area (Å²) >= 11 is 0. The number of carbonyl (C=O) groups excluding carboxylic acids is 1. The molecule has 0 N–H and O–H groups in total. The monoisotopic (exact) mass is 408 g/mol. The molecule has 4 heterocycles. The van der Waals surface area contributed by atoms with Gasteiger partial charge in [0.15, 0.2) is 0 Å². The highest BCUT2D eigenvalue weighted by Gasteiger charge is 2.50. The first-order chi connectivity index (χ1) is 14.6. The number of esters is 1. The van der Waals surface area contributed by atoms with Gasteiger partial charge in [-0.3, -0.25) is 4.79 Å². The molecule has 30 heavy (non-hydrogen) atoms. The Balaban J connectivity index is 1.14. The Hall–Kier alpha value is -2.34. The predicted molar refractivity (Wildman–Crippen MR) is 116 cm³/mol. The number of hydrogen-bond acceptors (Lipinski definition) is 5. The van der Waals surface area contributed by atoms with Gasteiger partial charge in [0, 0.05) is 43.6 Å². The summed E-state index contributed by atoms with van der Waals surface area (Å²) in [6.07, 6.45) is 10.6. The Morgan fingerprint density at radius 1 is 1.13 bits per heavy atom. The van der Waals surface area contributed by atoms with Gasteiger partial charge in [0.25, 0.3) is 0 Å². The molecule has 160 valence electrons. The Bertz CT molecular complexity index is 865. The summed E-state index contributed by atoms with van der Waals surface area (Å²) in [6, 6.07) is 9.34. The van der Waals surface area contributed by atoms with Crippen LogP contribution in [0.15, 0.2) is 43.0 Å². The van der Waals surface area contributed by atoms with E-state index in [9.17, 15) is 4.79 Å². The van der Waals surface area contributed by atoms with E-state index >= 15 is 0 Å². The van der Waals surface area contributed by atoms with E-state index in [0.29, 0.717) is 12.6 Å². The Morgan fingerprint density at radius 2 is 1.90 bits per heavy atom. The number of rotatable bonds is 4. The number of imidazole rings is 1. The van der Waals surface area contributed by atoms with Crippen molar-refractivity contribution in [3.05, 3.63) is 48.5 Å². The fraction of sp³-hybridized carbons (Fsp3) is 0.583. The number of aromatic nitrogens is 2. The van der Waals surface area contributed by atoms with E-state index in [1.54, 1.807) is 12.5 Å². The predicted octanol–water partition coefficient (Wildman–Crippen LogP) is 3.26. The fourth-order valence-corrected chi connectivity index (χ4v) is 5.68. The minimum atomic E-state index is -0.260. The Morgan fingerprint density at radius 3 is 2.60 bits per heavy atom. The van der Waals surface area contributed by atoms with Crippen LogP contribution in [0.4, 0.5) is 5.69 Å². The molecule has 6 nitrogen and oxygen atoms in total. The second-order valence-corrected chi connectivity index (χ2v) is 9.31. The van der Waals surface area contributed by atoms with Gasteiger partial charge in [0.2, 0.25) is 0 Å². The van der Waals surface area contributed by atoms with Gasteiger partial charge in [-0.15, -0.1) is 0 Å². The van der Waals surface area contributed by atoms with Crippen molar-refractivity contribution in [3.63, 3.8) is 0 Å². The number of cyclic esters (lactones) is 1. The lowest BCUT2D eigenvalue weighted by atomic mass is 9.75. The summed E-state index contributed by atoms with van der Waals surface area (Å²) in [6.45, 7) is 7.18. The van der Waals surface area contributed by atoms with Crippen LogP contribution in [0.2, 0.25) is 0 Å². The first-order valence-electron chi connectivity index (χ1n) is 11.3.